The minimum atomic E-state index is -1.01. The number of anilines is 1. The second kappa shape index (κ2) is 13.5. The highest BCUT2D eigenvalue weighted by Crippen LogP contribution is 2.19. The van der Waals surface area contributed by atoms with E-state index in [-0.39, 0.29) is 17.4 Å². The number of rotatable bonds is 8. The minimum Gasteiger partial charge on any atom is -0.478 e. The molecule has 1 atom stereocenters. The Morgan fingerprint density at radius 1 is 0.881 bits per heavy atom. The molecule has 11 nitrogen and oxygen atoms in total. The maximum Gasteiger partial charge on any atom is 0.416 e. The summed E-state index contributed by atoms with van der Waals surface area (Å²) in [5.74, 6) is -0.357. The fraction of sp³-hybridized carbons (Fsp3) is 0.387. The zero-order valence-corrected chi connectivity index (χ0v) is 23.7. The lowest BCUT2D eigenvalue weighted by molar-refractivity contribution is 0.0696. The van der Waals surface area contributed by atoms with Crippen molar-refractivity contribution in [2.24, 2.45) is 5.92 Å². The summed E-state index contributed by atoms with van der Waals surface area (Å²) in [7, 11) is 0. The third-order valence-corrected chi connectivity index (χ3v) is 7.64. The number of benzene rings is 1. The Hall–Kier alpha value is -4.35. The van der Waals surface area contributed by atoms with Gasteiger partial charge in [-0.05, 0) is 61.2 Å². The molecule has 1 aromatic carbocycles. The molecule has 0 aliphatic carbocycles. The number of aromatic carboxylic acids is 1. The highest BCUT2D eigenvalue weighted by Gasteiger charge is 2.23. The second-order valence-corrected chi connectivity index (χ2v) is 11.0. The molecule has 2 amide bonds. The number of carboxylic acid groups (broad SMARTS) is 1. The molecule has 0 radical (unpaired) electrons. The normalized spacial score (nSPS) is 17.9. The standard InChI is InChI=1S/C31H36N6O5/c1-22-3-2-12-36(19-22)20-23-4-6-24(7-5-23)29(38)34-26-10-11-28(33-18-26)42-31(41)37-15-13-35(14-16-37)21-27-9-8-25(17-32-27)30(39)40/h4-11,17-18,22H,2-3,12-16,19-21H2,1H3,(H,34,38)(H,39,40). The van der Waals surface area contributed by atoms with Crippen LogP contribution in [0.2, 0.25) is 0 Å². The van der Waals surface area contributed by atoms with Crippen LogP contribution in [-0.4, -0.2) is 87.0 Å². The lowest BCUT2D eigenvalue weighted by atomic mass is 9.99. The second-order valence-electron chi connectivity index (χ2n) is 11.0. The van der Waals surface area contributed by atoms with Gasteiger partial charge in [-0.3, -0.25) is 19.6 Å². The summed E-state index contributed by atoms with van der Waals surface area (Å²) in [6.45, 7) is 8.22. The van der Waals surface area contributed by atoms with Crippen molar-refractivity contribution in [2.45, 2.75) is 32.9 Å². The van der Waals surface area contributed by atoms with Gasteiger partial charge in [0.2, 0.25) is 5.88 Å². The first-order chi connectivity index (χ1) is 20.3. The van der Waals surface area contributed by atoms with Crippen LogP contribution in [-0.2, 0) is 13.1 Å². The third kappa shape index (κ3) is 7.89. The number of hydrogen-bond donors (Lipinski definition) is 2. The molecule has 220 valence electrons. The highest BCUT2D eigenvalue weighted by molar-refractivity contribution is 6.04. The zero-order chi connectivity index (χ0) is 29.5. The van der Waals surface area contributed by atoms with Crippen LogP contribution in [0.15, 0.2) is 60.9 Å². The Labute approximate surface area is 245 Å². The SMILES string of the molecule is CC1CCCN(Cc2ccc(C(=O)Nc3ccc(OC(=O)N4CCN(Cc5ccc(C(=O)O)cn5)CC4)nc3)cc2)C1. The number of hydrogen-bond acceptors (Lipinski definition) is 8. The minimum absolute atomic E-state index is 0.151. The number of likely N-dealkylation sites (tertiary alicyclic amines) is 1. The summed E-state index contributed by atoms with van der Waals surface area (Å²) < 4.78 is 5.44. The van der Waals surface area contributed by atoms with E-state index in [1.807, 2.05) is 24.3 Å². The van der Waals surface area contributed by atoms with Crippen molar-refractivity contribution >= 4 is 23.7 Å². The maximum atomic E-state index is 12.7. The number of carbonyl (C=O) groups is 3. The first kappa shape index (κ1) is 29.2. The summed E-state index contributed by atoms with van der Waals surface area (Å²) in [6, 6.07) is 14.1. The first-order valence-electron chi connectivity index (χ1n) is 14.3. The predicted octanol–water partition coefficient (Wildman–Crippen LogP) is 3.98. The Kier molecular flexibility index (Phi) is 9.40. The molecular formula is C31H36N6O5. The molecule has 2 N–H and O–H groups in total. The maximum absolute atomic E-state index is 12.7. The molecule has 0 saturated carbocycles. The van der Waals surface area contributed by atoms with Gasteiger partial charge in [-0.25, -0.2) is 14.6 Å². The van der Waals surface area contributed by atoms with Crippen molar-refractivity contribution < 1.29 is 24.2 Å². The number of carbonyl (C=O) groups excluding carboxylic acids is 2. The van der Waals surface area contributed by atoms with E-state index in [4.69, 9.17) is 9.84 Å². The molecule has 0 bridgehead atoms. The fourth-order valence-electron chi connectivity index (χ4n) is 5.28. The van der Waals surface area contributed by atoms with Crippen LogP contribution in [0.25, 0.3) is 0 Å². The van der Waals surface area contributed by atoms with Gasteiger partial charge in [-0.2, -0.15) is 0 Å². The molecule has 4 heterocycles. The van der Waals surface area contributed by atoms with Crippen molar-refractivity contribution in [3.05, 3.63) is 83.3 Å². The number of carboxylic acids is 1. The summed E-state index contributed by atoms with van der Waals surface area (Å²) in [5.41, 5.74) is 3.18. The van der Waals surface area contributed by atoms with Crippen molar-refractivity contribution in [1.29, 1.82) is 0 Å². The number of nitrogens with zero attached hydrogens (tertiary/aromatic N) is 5. The van der Waals surface area contributed by atoms with Gasteiger partial charge in [0.15, 0.2) is 0 Å². The van der Waals surface area contributed by atoms with Gasteiger partial charge >= 0.3 is 12.1 Å². The Bertz CT molecular complexity index is 1370. The molecule has 0 spiro atoms. The Morgan fingerprint density at radius 3 is 2.29 bits per heavy atom. The van der Waals surface area contributed by atoms with Crippen LogP contribution in [0.3, 0.4) is 0 Å². The molecule has 5 rings (SSSR count). The van der Waals surface area contributed by atoms with E-state index in [0.29, 0.717) is 44.0 Å². The number of piperidine rings is 1. The largest absolute Gasteiger partial charge is 0.478 e. The van der Waals surface area contributed by atoms with Gasteiger partial charge in [-0.15, -0.1) is 0 Å². The first-order valence-corrected chi connectivity index (χ1v) is 14.3. The third-order valence-electron chi connectivity index (χ3n) is 7.64. The van der Waals surface area contributed by atoms with Gasteiger partial charge in [0.1, 0.15) is 0 Å². The number of ether oxygens (including phenoxy) is 1. The number of piperazine rings is 1. The number of aromatic nitrogens is 2. The zero-order valence-electron chi connectivity index (χ0n) is 23.7. The molecule has 3 aromatic rings. The molecule has 2 aliphatic heterocycles. The quantitative estimate of drug-likeness (QED) is 0.412. The van der Waals surface area contributed by atoms with Crippen LogP contribution >= 0.6 is 0 Å². The van der Waals surface area contributed by atoms with Crippen molar-refractivity contribution in [2.75, 3.05) is 44.6 Å². The molecule has 2 saturated heterocycles. The topological polar surface area (TPSA) is 128 Å². The van der Waals surface area contributed by atoms with E-state index in [1.165, 1.54) is 36.9 Å². The van der Waals surface area contributed by atoms with E-state index in [1.54, 1.807) is 23.1 Å². The number of pyridine rings is 2. The van der Waals surface area contributed by atoms with Gasteiger partial charge < -0.3 is 20.1 Å². The van der Waals surface area contributed by atoms with Crippen LogP contribution in [0.5, 0.6) is 5.88 Å². The van der Waals surface area contributed by atoms with Gasteiger partial charge in [0.05, 0.1) is 23.1 Å². The lowest BCUT2D eigenvalue weighted by Crippen LogP contribution is -2.49. The fourth-order valence-corrected chi connectivity index (χ4v) is 5.28. The van der Waals surface area contributed by atoms with Gasteiger partial charge in [0.25, 0.3) is 5.91 Å². The van der Waals surface area contributed by atoms with Crippen molar-refractivity contribution in [3.63, 3.8) is 0 Å². The summed E-state index contributed by atoms with van der Waals surface area (Å²) >= 11 is 0. The number of nitrogens with one attached hydrogen (secondary N) is 1. The van der Waals surface area contributed by atoms with E-state index in [2.05, 4.69) is 32.0 Å². The summed E-state index contributed by atoms with van der Waals surface area (Å²) in [6.07, 6.45) is 4.86. The molecule has 2 fully saturated rings. The van der Waals surface area contributed by atoms with E-state index in [0.717, 1.165) is 31.2 Å². The van der Waals surface area contributed by atoms with E-state index >= 15 is 0 Å². The summed E-state index contributed by atoms with van der Waals surface area (Å²) in [4.78, 5) is 51.0. The van der Waals surface area contributed by atoms with Crippen molar-refractivity contribution in [3.8, 4) is 5.88 Å². The van der Waals surface area contributed by atoms with Gasteiger partial charge in [0, 0.05) is 63.6 Å². The molecule has 11 heteroatoms. The average Bonchev–Trinajstić information content (AvgIpc) is 2.99. The molecule has 2 aromatic heterocycles. The summed E-state index contributed by atoms with van der Waals surface area (Å²) in [5, 5.41) is 11.8. The molecule has 42 heavy (non-hydrogen) atoms. The van der Waals surface area contributed by atoms with Crippen LogP contribution in [0.4, 0.5) is 10.5 Å². The molecule has 1 unspecified atom stereocenters. The Balaban J connectivity index is 1.05. The molecule has 2 aliphatic rings. The molecular weight excluding hydrogens is 536 g/mol. The Morgan fingerprint density at radius 2 is 1.64 bits per heavy atom. The van der Waals surface area contributed by atoms with Crippen LogP contribution < -0.4 is 10.1 Å². The van der Waals surface area contributed by atoms with E-state index in [9.17, 15) is 14.4 Å². The lowest BCUT2D eigenvalue weighted by Gasteiger charge is -2.33. The van der Waals surface area contributed by atoms with Crippen LogP contribution in [0.1, 0.15) is 51.7 Å². The highest BCUT2D eigenvalue weighted by atomic mass is 16.6. The predicted molar refractivity (Wildman–Crippen MR) is 156 cm³/mol. The van der Waals surface area contributed by atoms with Crippen LogP contribution in [0, 0.1) is 5.92 Å². The smallest absolute Gasteiger partial charge is 0.416 e. The van der Waals surface area contributed by atoms with Crippen molar-refractivity contribution in [1.82, 2.24) is 24.7 Å². The average molecular weight is 573 g/mol. The van der Waals surface area contributed by atoms with E-state index < -0.39 is 12.1 Å². The van der Waals surface area contributed by atoms with Gasteiger partial charge in [-0.1, -0.05) is 19.1 Å². The monoisotopic (exact) mass is 572 g/mol. The number of amides is 2.